The summed E-state index contributed by atoms with van der Waals surface area (Å²) in [6.07, 6.45) is 2.71. The van der Waals surface area contributed by atoms with Crippen molar-refractivity contribution < 1.29 is 9.84 Å². The van der Waals surface area contributed by atoms with E-state index >= 15 is 0 Å². The second kappa shape index (κ2) is 7.93. The molecule has 4 aromatic rings. The smallest absolute Gasteiger partial charge is 0.325 e. The number of rotatable bonds is 6. The van der Waals surface area contributed by atoms with Crippen LogP contribution in [0.3, 0.4) is 0 Å². The number of anilines is 3. The topological polar surface area (TPSA) is 115 Å². The third-order valence-corrected chi connectivity index (χ3v) is 6.48. The number of aliphatic hydroxyl groups is 1. The number of nitrogens with one attached hydrogen (secondary N) is 3. The molecule has 0 bridgehead atoms. The summed E-state index contributed by atoms with van der Waals surface area (Å²) in [6.45, 7) is 3.20. The summed E-state index contributed by atoms with van der Waals surface area (Å²) >= 11 is 6.62. The summed E-state index contributed by atoms with van der Waals surface area (Å²) < 4.78 is 6.06. The van der Waals surface area contributed by atoms with Crippen molar-refractivity contribution >= 4 is 40.0 Å². The lowest BCUT2D eigenvalue weighted by Gasteiger charge is -2.18. The highest BCUT2D eigenvalue weighted by molar-refractivity contribution is 6.37. The molecule has 0 amide bonds. The Hall–Kier alpha value is -3.30. The minimum Gasteiger partial charge on any atom is -0.423 e. The fraction of sp³-hybridized carbons (Fsp3) is 0.348. The Morgan fingerprint density at radius 2 is 2.03 bits per heavy atom. The molecule has 1 atom stereocenters. The van der Waals surface area contributed by atoms with Gasteiger partial charge in [0, 0.05) is 53.4 Å². The van der Waals surface area contributed by atoms with Gasteiger partial charge in [0.25, 0.3) is 0 Å². The van der Waals surface area contributed by atoms with Gasteiger partial charge >= 0.3 is 6.01 Å². The Morgan fingerprint density at radius 1 is 1.15 bits per heavy atom. The highest BCUT2D eigenvalue weighted by Gasteiger charge is 2.26. The molecule has 4 heterocycles. The molecule has 33 heavy (non-hydrogen) atoms. The molecule has 3 aromatic heterocycles. The number of hydrogen-bond donors (Lipinski definition) is 4. The summed E-state index contributed by atoms with van der Waals surface area (Å²) in [7, 11) is 0. The average molecular weight is 466 g/mol. The van der Waals surface area contributed by atoms with Crippen molar-refractivity contribution in [1.82, 2.24) is 25.1 Å². The number of β-amino-alcohol motifs (C(OH)–C–C–N with tert-alkyl or cyclic N) is 1. The molecule has 1 aromatic carbocycles. The van der Waals surface area contributed by atoms with Gasteiger partial charge in [-0.1, -0.05) is 11.6 Å². The van der Waals surface area contributed by atoms with Gasteiger partial charge in [0.15, 0.2) is 5.82 Å². The molecule has 1 saturated carbocycles. The number of aromatic amines is 2. The Kier molecular flexibility index (Phi) is 4.88. The van der Waals surface area contributed by atoms with E-state index in [1.807, 2.05) is 36.1 Å². The van der Waals surface area contributed by atoms with Crippen LogP contribution in [0.5, 0.6) is 11.8 Å². The molecule has 9 nitrogen and oxygen atoms in total. The zero-order chi connectivity index (χ0) is 22.5. The molecule has 1 aliphatic carbocycles. The highest BCUT2D eigenvalue weighted by Crippen LogP contribution is 2.40. The van der Waals surface area contributed by atoms with Crippen LogP contribution in [-0.2, 0) is 0 Å². The van der Waals surface area contributed by atoms with Gasteiger partial charge in [-0.3, -0.25) is 5.10 Å². The summed E-state index contributed by atoms with van der Waals surface area (Å²) in [5.41, 5.74) is 3.09. The first-order valence-corrected chi connectivity index (χ1v) is 11.5. The van der Waals surface area contributed by atoms with Gasteiger partial charge in [-0.2, -0.15) is 15.1 Å². The number of aryl methyl sites for hydroxylation is 1. The predicted octanol–water partition coefficient (Wildman–Crippen LogP) is 4.63. The van der Waals surface area contributed by atoms with Gasteiger partial charge in [-0.25, -0.2) is 0 Å². The number of H-pyrrole nitrogens is 2. The minimum absolute atomic E-state index is 0.169. The second-order valence-corrected chi connectivity index (χ2v) is 9.16. The van der Waals surface area contributed by atoms with Gasteiger partial charge in [-0.05, 0) is 44.4 Å². The van der Waals surface area contributed by atoms with Crippen molar-refractivity contribution in [1.29, 1.82) is 0 Å². The molecule has 4 N–H and O–H groups in total. The van der Waals surface area contributed by atoms with E-state index in [0.29, 0.717) is 53.7 Å². The molecule has 1 saturated heterocycles. The Balaban J connectivity index is 1.33. The Bertz CT molecular complexity index is 1330. The standard InChI is InChI=1S/C23H24ClN7O2/c1-12-8-15-16(25-12)4-5-18(22(15)24)33-23-27-19(10-21(28-23)31-7-6-14(32)11-31)26-20-9-17(29-30-20)13-2-3-13/h4-5,8-10,13-14,25,32H,2-3,6-7,11H2,1H3,(H2,26,27,28,29,30). The second-order valence-electron chi connectivity index (χ2n) is 8.78. The van der Waals surface area contributed by atoms with Gasteiger partial charge in [0.2, 0.25) is 0 Å². The molecule has 170 valence electrons. The maximum Gasteiger partial charge on any atom is 0.325 e. The number of fused-ring (bicyclic) bond motifs is 1. The van der Waals surface area contributed by atoms with Gasteiger partial charge in [0.1, 0.15) is 17.4 Å². The minimum atomic E-state index is -0.373. The number of halogens is 1. The normalized spacial score (nSPS) is 18.3. The largest absolute Gasteiger partial charge is 0.423 e. The monoisotopic (exact) mass is 465 g/mol. The van der Waals surface area contributed by atoms with E-state index in [1.165, 1.54) is 12.8 Å². The molecule has 0 radical (unpaired) electrons. The number of ether oxygens (including phenoxy) is 1. The summed E-state index contributed by atoms with van der Waals surface area (Å²) in [5.74, 6) is 2.97. The highest BCUT2D eigenvalue weighted by atomic mass is 35.5. The van der Waals surface area contributed by atoms with E-state index < -0.39 is 0 Å². The van der Waals surface area contributed by atoms with Gasteiger partial charge in [-0.15, -0.1) is 0 Å². The summed E-state index contributed by atoms with van der Waals surface area (Å²) in [6, 6.07) is 9.74. The number of aromatic nitrogens is 5. The Labute approximate surface area is 195 Å². The van der Waals surface area contributed by atoms with Crippen molar-refractivity contribution in [2.24, 2.45) is 0 Å². The van der Waals surface area contributed by atoms with Crippen LogP contribution < -0.4 is 15.0 Å². The van der Waals surface area contributed by atoms with E-state index in [-0.39, 0.29) is 12.1 Å². The van der Waals surface area contributed by atoms with Crippen molar-refractivity contribution in [3.05, 3.63) is 46.7 Å². The Morgan fingerprint density at radius 3 is 2.82 bits per heavy atom. The SMILES string of the molecule is Cc1cc2c(Cl)c(Oc3nc(Nc4cc(C5CC5)[nH]n4)cc(N4CCC(O)C4)n3)ccc2[nH]1. The van der Waals surface area contributed by atoms with Crippen LogP contribution in [0, 0.1) is 6.92 Å². The number of aliphatic hydroxyl groups excluding tert-OH is 1. The third-order valence-electron chi connectivity index (χ3n) is 6.09. The fourth-order valence-corrected chi connectivity index (χ4v) is 4.49. The van der Waals surface area contributed by atoms with Crippen LogP contribution in [-0.4, -0.2) is 49.4 Å². The van der Waals surface area contributed by atoms with Crippen molar-refractivity contribution in [3.63, 3.8) is 0 Å². The van der Waals surface area contributed by atoms with Crippen LogP contribution in [0.25, 0.3) is 10.9 Å². The zero-order valence-corrected chi connectivity index (χ0v) is 18.9. The third kappa shape index (κ3) is 4.09. The molecule has 2 aliphatic rings. The molecular formula is C23H24ClN7O2. The van der Waals surface area contributed by atoms with Crippen molar-refractivity contribution in [3.8, 4) is 11.8 Å². The zero-order valence-electron chi connectivity index (χ0n) is 18.1. The van der Waals surface area contributed by atoms with Crippen LogP contribution in [0.2, 0.25) is 5.02 Å². The van der Waals surface area contributed by atoms with Crippen molar-refractivity contribution in [2.45, 2.75) is 38.2 Å². The predicted molar refractivity (Wildman–Crippen MR) is 127 cm³/mol. The maximum atomic E-state index is 10.0. The first-order valence-electron chi connectivity index (χ1n) is 11.1. The van der Waals surface area contributed by atoms with Gasteiger partial charge in [0.05, 0.1) is 11.1 Å². The van der Waals surface area contributed by atoms with Crippen LogP contribution >= 0.6 is 11.6 Å². The molecular weight excluding hydrogens is 442 g/mol. The van der Waals surface area contributed by atoms with Crippen LogP contribution in [0.15, 0.2) is 30.3 Å². The van der Waals surface area contributed by atoms with E-state index in [1.54, 1.807) is 6.07 Å². The lowest BCUT2D eigenvalue weighted by Crippen LogP contribution is -2.22. The van der Waals surface area contributed by atoms with Crippen LogP contribution in [0.1, 0.15) is 36.6 Å². The fourth-order valence-electron chi connectivity index (χ4n) is 4.24. The van der Waals surface area contributed by atoms with E-state index in [2.05, 4.69) is 30.5 Å². The number of benzene rings is 1. The lowest BCUT2D eigenvalue weighted by atomic mass is 10.2. The average Bonchev–Trinajstić information content (AvgIpc) is 3.17. The molecule has 1 unspecified atom stereocenters. The molecule has 0 spiro atoms. The van der Waals surface area contributed by atoms with E-state index in [4.69, 9.17) is 16.3 Å². The first-order chi connectivity index (χ1) is 16.0. The first kappa shape index (κ1) is 20.3. The summed E-state index contributed by atoms with van der Waals surface area (Å²) in [4.78, 5) is 14.4. The molecule has 1 aliphatic heterocycles. The van der Waals surface area contributed by atoms with Crippen LogP contribution in [0.4, 0.5) is 17.5 Å². The quantitative estimate of drug-likeness (QED) is 0.328. The summed E-state index contributed by atoms with van der Waals surface area (Å²) in [5, 5.41) is 22.1. The number of nitrogens with zero attached hydrogens (tertiary/aromatic N) is 4. The van der Waals surface area contributed by atoms with Gasteiger partial charge < -0.3 is 25.0 Å². The lowest BCUT2D eigenvalue weighted by molar-refractivity contribution is 0.198. The molecule has 6 rings (SSSR count). The number of hydrogen-bond acceptors (Lipinski definition) is 7. The van der Waals surface area contributed by atoms with E-state index in [0.717, 1.165) is 22.3 Å². The van der Waals surface area contributed by atoms with Crippen molar-refractivity contribution in [2.75, 3.05) is 23.3 Å². The molecule has 2 fully saturated rings. The van der Waals surface area contributed by atoms with E-state index in [9.17, 15) is 5.11 Å². The molecule has 10 heteroatoms. The maximum absolute atomic E-state index is 10.0.